The van der Waals surface area contributed by atoms with Crippen LogP contribution in [0, 0.1) is 5.41 Å². The molecule has 1 aliphatic rings. The van der Waals surface area contributed by atoms with Gasteiger partial charge in [-0.15, -0.1) is 0 Å². The van der Waals surface area contributed by atoms with Crippen molar-refractivity contribution in [3.63, 3.8) is 0 Å². The van der Waals surface area contributed by atoms with E-state index in [0.717, 1.165) is 20.8 Å². The number of carbonyl (C=O) groups excluding carboxylic acids is 4. The van der Waals surface area contributed by atoms with E-state index in [-0.39, 0.29) is 12.5 Å². The molecule has 1 heterocycles. The molecule has 5 atom stereocenters. The van der Waals surface area contributed by atoms with Crippen LogP contribution in [-0.4, -0.2) is 67.1 Å². The third kappa shape index (κ3) is 7.21. The molecular formula is C16H23NO10. The molecular weight excluding hydrogens is 366 g/mol. The molecule has 0 aromatic heterocycles. The standard InChI is InChI=1S/C16H23NO10/c1-7(17)23-16-15(26-11(5)21)14(25-10(4)20)13(24-9(3)19)12(27-16)6-22-8(2)18/h12-17H,6H2,1-5H3/t12?,13-,14?,15?,16-/m0/s1. The highest BCUT2D eigenvalue weighted by molar-refractivity contribution is 5.70. The number of nitrogens with one attached hydrogen (secondary N) is 1. The minimum atomic E-state index is -1.36. The lowest BCUT2D eigenvalue weighted by Gasteiger charge is -2.43. The fourth-order valence-corrected chi connectivity index (χ4v) is 2.46. The summed E-state index contributed by atoms with van der Waals surface area (Å²) < 4.78 is 31.2. The van der Waals surface area contributed by atoms with Gasteiger partial charge in [0.1, 0.15) is 12.7 Å². The summed E-state index contributed by atoms with van der Waals surface area (Å²) in [6.45, 7) is 5.49. The Hall–Kier alpha value is -2.69. The van der Waals surface area contributed by atoms with Crippen LogP contribution >= 0.6 is 0 Å². The van der Waals surface area contributed by atoms with Gasteiger partial charge in [0, 0.05) is 34.6 Å². The topological polar surface area (TPSA) is 148 Å². The second-order valence-electron chi connectivity index (χ2n) is 5.74. The molecule has 1 saturated heterocycles. The molecule has 27 heavy (non-hydrogen) atoms. The summed E-state index contributed by atoms with van der Waals surface area (Å²) in [5.41, 5.74) is 0. The van der Waals surface area contributed by atoms with E-state index in [0.29, 0.717) is 0 Å². The largest absolute Gasteiger partial charge is 0.463 e. The first-order valence-corrected chi connectivity index (χ1v) is 8.03. The third-order valence-electron chi connectivity index (χ3n) is 3.24. The predicted molar refractivity (Wildman–Crippen MR) is 86.4 cm³/mol. The first kappa shape index (κ1) is 22.4. The van der Waals surface area contributed by atoms with Crippen molar-refractivity contribution in [2.45, 2.75) is 65.3 Å². The van der Waals surface area contributed by atoms with Gasteiger partial charge in [0.2, 0.25) is 12.4 Å². The molecule has 0 spiro atoms. The lowest BCUT2D eigenvalue weighted by Crippen LogP contribution is -2.63. The zero-order valence-electron chi connectivity index (χ0n) is 15.7. The number of ether oxygens (including phenoxy) is 6. The summed E-state index contributed by atoms with van der Waals surface area (Å²) in [5, 5.41) is 7.49. The first-order valence-electron chi connectivity index (χ1n) is 8.03. The van der Waals surface area contributed by atoms with Crippen LogP contribution in [0.4, 0.5) is 0 Å². The molecule has 11 heteroatoms. The Kier molecular flexibility index (Phi) is 8.16. The third-order valence-corrected chi connectivity index (χ3v) is 3.24. The molecule has 1 aliphatic heterocycles. The molecule has 152 valence electrons. The van der Waals surface area contributed by atoms with Gasteiger partial charge in [-0.25, -0.2) is 0 Å². The van der Waals surface area contributed by atoms with Gasteiger partial charge >= 0.3 is 23.9 Å². The maximum atomic E-state index is 11.6. The zero-order valence-corrected chi connectivity index (χ0v) is 15.7. The minimum Gasteiger partial charge on any atom is -0.463 e. The number of rotatable bonds is 6. The molecule has 11 nitrogen and oxygen atoms in total. The van der Waals surface area contributed by atoms with Crippen LogP contribution in [0.5, 0.6) is 0 Å². The van der Waals surface area contributed by atoms with Crippen LogP contribution in [0.3, 0.4) is 0 Å². The van der Waals surface area contributed by atoms with Gasteiger partial charge in [-0.05, 0) is 0 Å². The van der Waals surface area contributed by atoms with Crippen molar-refractivity contribution in [3.8, 4) is 0 Å². The number of carbonyl (C=O) groups is 4. The van der Waals surface area contributed by atoms with Gasteiger partial charge in [-0.1, -0.05) is 0 Å². The van der Waals surface area contributed by atoms with Gasteiger partial charge in [0.15, 0.2) is 18.1 Å². The van der Waals surface area contributed by atoms with Gasteiger partial charge in [-0.3, -0.25) is 24.6 Å². The van der Waals surface area contributed by atoms with Crippen molar-refractivity contribution >= 4 is 29.8 Å². The van der Waals surface area contributed by atoms with E-state index in [4.69, 9.17) is 33.8 Å². The molecule has 0 bridgehead atoms. The Morgan fingerprint density at radius 1 is 0.741 bits per heavy atom. The van der Waals surface area contributed by atoms with Gasteiger partial charge in [0.25, 0.3) is 0 Å². The molecule has 0 amide bonds. The molecule has 0 aromatic rings. The molecule has 0 saturated carbocycles. The van der Waals surface area contributed by atoms with E-state index in [2.05, 4.69) is 0 Å². The molecule has 1 rings (SSSR count). The van der Waals surface area contributed by atoms with E-state index in [1.165, 1.54) is 13.8 Å². The van der Waals surface area contributed by atoms with E-state index >= 15 is 0 Å². The zero-order chi connectivity index (χ0) is 20.7. The fraction of sp³-hybridized carbons (Fsp3) is 0.688. The van der Waals surface area contributed by atoms with Crippen molar-refractivity contribution in [2.24, 2.45) is 0 Å². The Labute approximate surface area is 155 Å². The van der Waals surface area contributed by atoms with E-state index in [9.17, 15) is 19.2 Å². The average molecular weight is 389 g/mol. The molecule has 0 aliphatic carbocycles. The van der Waals surface area contributed by atoms with Crippen LogP contribution in [0.2, 0.25) is 0 Å². The molecule has 0 aromatic carbocycles. The van der Waals surface area contributed by atoms with Crippen molar-refractivity contribution in [1.29, 1.82) is 5.41 Å². The van der Waals surface area contributed by atoms with Crippen LogP contribution in [0.1, 0.15) is 34.6 Å². The lowest BCUT2D eigenvalue weighted by atomic mass is 9.98. The molecule has 0 radical (unpaired) electrons. The minimum absolute atomic E-state index is 0.268. The quantitative estimate of drug-likeness (QED) is 0.287. The molecule has 1 fully saturated rings. The maximum Gasteiger partial charge on any atom is 0.303 e. The van der Waals surface area contributed by atoms with Crippen LogP contribution in [0.15, 0.2) is 0 Å². The highest BCUT2D eigenvalue weighted by atomic mass is 16.7. The normalized spacial score (nSPS) is 27.1. The van der Waals surface area contributed by atoms with Gasteiger partial charge in [-0.2, -0.15) is 0 Å². The maximum absolute atomic E-state index is 11.6. The lowest BCUT2D eigenvalue weighted by molar-refractivity contribution is -0.291. The van der Waals surface area contributed by atoms with E-state index in [1.54, 1.807) is 0 Å². The van der Waals surface area contributed by atoms with Crippen molar-refractivity contribution in [3.05, 3.63) is 0 Å². The SMILES string of the molecule is CC(=N)O[C@H]1OC(COC(C)=O)[C@H](OC(C)=O)C(OC(C)=O)C1OC(C)=O. The summed E-state index contributed by atoms with van der Waals surface area (Å²) in [7, 11) is 0. The first-order chi connectivity index (χ1) is 12.5. The smallest absolute Gasteiger partial charge is 0.303 e. The number of hydrogen-bond donors (Lipinski definition) is 1. The van der Waals surface area contributed by atoms with Gasteiger partial charge in [0.05, 0.1) is 0 Å². The van der Waals surface area contributed by atoms with Crippen molar-refractivity contribution < 1.29 is 47.6 Å². The van der Waals surface area contributed by atoms with Crippen LogP contribution < -0.4 is 0 Å². The van der Waals surface area contributed by atoms with Gasteiger partial charge < -0.3 is 28.4 Å². The fourth-order valence-electron chi connectivity index (χ4n) is 2.46. The second-order valence-corrected chi connectivity index (χ2v) is 5.74. The Morgan fingerprint density at radius 3 is 1.67 bits per heavy atom. The number of esters is 4. The van der Waals surface area contributed by atoms with Crippen molar-refractivity contribution in [2.75, 3.05) is 6.61 Å². The average Bonchev–Trinajstić information content (AvgIpc) is 2.49. The predicted octanol–water partition coefficient (Wildman–Crippen LogP) is 0.0833. The number of hydrogen-bond acceptors (Lipinski definition) is 11. The summed E-state index contributed by atoms with van der Waals surface area (Å²) in [4.78, 5) is 45.7. The summed E-state index contributed by atoms with van der Waals surface area (Å²) in [6.07, 6.45) is -6.35. The monoisotopic (exact) mass is 389 g/mol. The second kappa shape index (κ2) is 9.86. The van der Waals surface area contributed by atoms with E-state index < -0.39 is 54.6 Å². The van der Waals surface area contributed by atoms with Crippen molar-refractivity contribution in [1.82, 2.24) is 0 Å². The Morgan fingerprint density at radius 2 is 1.22 bits per heavy atom. The summed E-state index contributed by atoms with van der Waals surface area (Å²) in [5.74, 6) is -3.09. The Bertz CT molecular complexity index is 604. The molecule has 3 unspecified atom stereocenters. The van der Waals surface area contributed by atoms with E-state index in [1.807, 2.05) is 0 Å². The summed E-state index contributed by atoms with van der Waals surface area (Å²) >= 11 is 0. The Balaban J connectivity index is 3.29. The van der Waals surface area contributed by atoms with Crippen LogP contribution in [-0.2, 0) is 47.6 Å². The molecule has 1 N–H and O–H groups in total. The van der Waals surface area contributed by atoms with Crippen LogP contribution in [0.25, 0.3) is 0 Å². The highest BCUT2D eigenvalue weighted by Crippen LogP contribution is 2.30. The highest BCUT2D eigenvalue weighted by Gasteiger charge is 2.53. The summed E-state index contributed by atoms with van der Waals surface area (Å²) in [6, 6.07) is 0.